The number of quaternary nitrogens is 1. The highest BCUT2D eigenvalue weighted by Crippen LogP contribution is 2.25. The summed E-state index contributed by atoms with van der Waals surface area (Å²) in [5, 5.41) is 0.829. The van der Waals surface area contributed by atoms with Gasteiger partial charge in [0.05, 0.1) is 32.2 Å². The number of piperazine rings is 1. The molecule has 0 spiro atoms. The molecular weight excluding hydrogens is 280 g/mol. The third-order valence-corrected chi connectivity index (χ3v) is 5.85. The smallest absolute Gasteiger partial charge is 0.0951 e. The number of hydrogen-bond donors (Lipinski definition) is 1. The largest absolute Gasteiger partial charge is 0.360 e. The summed E-state index contributed by atoms with van der Waals surface area (Å²) in [5.41, 5.74) is 1.33. The quantitative estimate of drug-likeness (QED) is 0.902. The summed E-state index contributed by atoms with van der Waals surface area (Å²) < 4.78 is 0. The number of nitrogens with zero attached hydrogens (tertiary/aromatic N) is 1. The summed E-state index contributed by atoms with van der Waals surface area (Å²) in [5.74, 6) is 1.01. The van der Waals surface area contributed by atoms with Crippen molar-refractivity contribution in [2.24, 2.45) is 5.92 Å². The molecule has 0 atom stereocenters. The van der Waals surface area contributed by atoms with Crippen LogP contribution in [0.1, 0.15) is 39.0 Å². The van der Waals surface area contributed by atoms with Gasteiger partial charge in [0, 0.05) is 10.7 Å². The molecule has 3 rings (SSSR count). The average Bonchev–Trinajstić information content (AvgIpc) is 2.56. The average molecular weight is 308 g/mol. The van der Waals surface area contributed by atoms with Gasteiger partial charge in [-0.1, -0.05) is 24.9 Å². The van der Waals surface area contributed by atoms with Crippen LogP contribution in [0.3, 0.4) is 0 Å². The van der Waals surface area contributed by atoms with Crippen molar-refractivity contribution in [2.45, 2.75) is 45.1 Å². The van der Waals surface area contributed by atoms with Crippen LogP contribution >= 0.6 is 11.6 Å². The molecule has 0 unspecified atom stereocenters. The van der Waals surface area contributed by atoms with Crippen molar-refractivity contribution >= 4 is 17.3 Å². The van der Waals surface area contributed by atoms with E-state index in [2.05, 4.69) is 24.0 Å². The molecule has 2 fully saturated rings. The highest BCUT2D eigenvalue weighted by atomic mass is 35.5. The van der Waals surface area contributed by atoms with E-state index in [0.717, 1.165) is 17.0 Å². The molecule has 0 amide bonds. The van der Waals surface area contributed by atoms with Crippen molar-refractivity contribution in [1.29, 1.82) is 0 Å². The van der Waals surface area contributed by atoms with E-state index in [-0.39, 0.29) is 0 Å². The lowest BCUT2D eigenvalue weighted by atomic mass is 9.84. The lowest BCUT2D eigenvalue weighted by Gasteiger charge is -2.40. The van der Waals surface area contributed by atoms with Gasteiger partial charge in [-0.15, -0.1) is 0 Å². The molecule has 0 aromatic heterocycles. The van der Waals surface area contributed by atoms with Gasteiger partial charge in [0.1, 0.15) is 0 Å². The van der Waals surface area contributed by atoms with Crippen molar-refractivity contribution in [1.82, 2.24) is 0 Å². The van der Waals surface area contributed by atoms with Crippen molar-refractivity contribution in [3.8, 4) is 0 Å². The molecule has 1 aromatic rings. The van der Waals surface area contributed by atoms with Crippen LogP contribution in [0.15, 0.2) is 24.3 Å². The molecule has 1 aliphatic heterocycles. The lowest BCUT2D eigenvalue weighted by Crippen LogP contribution is -3.18. The highest BCUT2D eigenvalue weighted by molar-refractivity contribution is 6.30. The van der Waals surface area contributed by atoms with Crippen LogP contribution in [0, 0.1) is 5.92 Å². The molecule has 1 aromatic carbocycles. The second-order valence-electron chi connectivity index (χ2n) is 6.75. The Morgan fingerprint density at radius 3 is 2.24 bits per heavy atom. The molecule has 1 N–H and O–H groups in total. The maximum absolute atomic E-state index is 5.98. The van der Waals surface area contributed by atoms with Gasteiger partial charge in [0.25, 0.3) is 0 Å². The molecule has 2 nitrogen and oxygen atoms in total. The zero-order chi connectivity index (χ0) is 14.7. The summed E-state index contributed by atoms with van der Waals surface area (Å²) in [6, 6.07) is 9.24. The summed E-state index contributed by atoms with van der Waals surface area (Å²) >= 11 is 5.98. The van der Waals surface area contributed by atoms with E-state index in [4.69, 9.17) is 11.6 Å². The molecule has 3 heteroatoms. The Morgan fingerprint density at radius 2 is 1.67 bits per heavy atom. The maximum Gasteiger partial charge on any atom is 0.0951 e. The fourth-order valence-corrected chi connectivity index (χ4v) is 4.22. The van der Waals surface area contributed by atoms with Crippen molar-refractivity contribution < 1.29 is 4.90 Å². The van der Waals surface area contributed by atoms with Crippen molar-refractivity contribution in [3.05, 3.63) is 29.3 Å². The molecule has 2 aliphatic rings. The summed E-state index contributed by atoms with van der Waals surface area (Å²) in [6.45, 7) is 7.31. The first-order chi connectivity index (χ1) is 10.3. The van der Waals surface area contributed by atoms with E-state index >= 15 is 0 Å². The summed E-state index contributed by atoms with van der Waals surface area (Å²) in [4.78, 5) is 4.37. The van der Waals surface area contributed by atoms with Gasteiger partial charge in [-0.3, -0.25) is 0 Å². The third kappa shape index (κ3) is 3.73. The number of anilines is 1. The Bertz CT molecular complexity index is 429. The SMILES string of the molecule is CCC1CCC([NH+]2CCN(c3ccc(Cl)cc3)CC2)CC1. The fraction of sp³-hybridized carbons (Fsp3) is 0.667. The Hall–Kier alpha value is -0.730. The van der Waals surface area contributed by atoms with Crippen LogP contribution in [-0.2, 0) is 0 Å². The predicted molar refractivity (Wildman–Crippen MR) is 90.4 cm³/mol. The first kappa shape index (κ1) is 15.2. The van der Waals surface area contributed by atoms with Gasteiger partial charge >= 0.3 is 0 Å². The molecule has 1 saturated carbocycles. The minimum atomic E-state index is 0.829. The van der Waals surface area contributed by atoms with Gasteiger partial charge < -0.3 is 9.80 Å². The Balaban J connectivity index is 1.50. The van der Waals surface area contributed by atoms with E-state index in [1.165, 1.54) is 64.0 Å². The second kappa shape index (κ2) is 7.02. The zero-order valence-corrected chi connectivity index (χ0v) is 13.9. The van der Waals surface area contributed by atoms with E-state index in [9.17, 15) is 0 Å². The van der Waals surface area contributed by atoms with Gasteiger partial charge in [-0.25, -0.2) is 0 Å². The van der Waals surface area contributed by atoms with Crippen LogP contribution in [-0.4, -0.2) is 32.2 Å². The van der Waals surface area contributed by atoms with Crippen molar-refractivity contribution in [2.75, 3.05) is 31.1 Å². The van der Waals surface area contributed by atoms with Gasteiger partial charge in [0.15, 0.2) is 0 Å². The number of benzene rings is 1. The van der Waals surface area contributed by atoms with E-state index in [1.54, 1.807) is 0 Å². The monoisotopic (exact) mass is 307 g/mol. The molecule has 1 aliphatic carbocycles. The normalized spacial score (nSPS) is 27.8. The second-order valence-corrected chi connectivity index (χ2v) is 7.18. The molecule has 0 bridgehead atoms. The van der Waals surface area contributed by atoms with Crippen LogP contribution in [0.2, 0.25) is 5.02 Å². The number of halogens is 1. The standard InChI is InChI=1S/C18H27ClN2/c1-2-15-3-7-17(8-4-15)20-11-13-21(14-12-20)18-9-5-16(19)6-10-18/h5-6,9-10,15,17H,2-4,7-8,11-14H2,1H3/p+1. The third-order valence-electron chi connectivity index (χ3n) is 5.60. The minimum absolute atomic E-state index is 0.829. The Labute approximate surface area is 134 Å². The predicted octanol–water partition coefficient (Wildman–Crippen LogP) is 3.01. The summed E-state index contributed by atoms with van der Waals surface area (Å²) in [6.07, 6.45) is 7.22. The lowest BCUT2D eigenvalue weighted by molar-refractivity contribution is -0.927. The van der Waals surface area contributed by atoms with Crippen LogP contribution in [0.25, 0.3) is 0 Å². The molecule has 0 radical (unpaired) electrons. The first-order valence-corrected chi connectivity index (χ1v) is 8.99. The molecule has 21 heavy (non-hydrogen) atoms. The summed E-state index contributed by atoms with van der Waals surface area (Å²) in [7, 11) is 0. The molecular formula is C18H28ClN2+. The van der Waals surface area contributed by atoms with Crippen LogP contribution in [0.4, 0.5) is 5.69 Å². The number of nitrogens with one attached hydrogen (secondary N) is 1. The highest BCUT2D eigenvalue weighted by Gasteiger charge is 2.30. The van der Waals surface area contributed by atoms with Crippen molar-refractivity contribution in [3.63, 3.8) is 0 Å². The van der Waals surface area contributed by atoms with Crippen LogP contribution in [0.5, 0.6) is 0 Å². The first-order valence-electron chi connectivity index (χ1n) is 8.61. The zero-order valence-electron chi connectivity index (χ0n) is 13.2. The maximum atomic E-state index is 5.98. The molecule has 116 valence electrons. The van der Waals surface area contributed by atoms with Crippen LogP contribution < -0.4 is 9.80 Å². The Kier molecular flexibility index (Phi) is 5.07. The van der Waals surface area contributed by atoms with Gasteiger partial charge in [-0.05, 0) is 55.9 Å². The topological polar surface area (TPSA) is 7.68 Å². The minimum Gasteiger partial charge on any atom is -0.360 e. The number of rotatable bonds is 3. The van der Waals surface area contributed by atoms with E-state index in [0.29, 0.717) is 0 Å². The Morgan fingerprint density at radius 1 is 1.05 bits per heavy atom. The van der Waals surface area contributed by atoms with Gasteiger partial charge in [-0.2, -0.15) is 0 Å². The van der Waals surface area contributed by atoms with Gasteiger partial charge in [0.2, 0.25) is 0 Å². The molecule has 1 heterocycles. The van der Waals surface area contributed by atoms with E-state index in [1.807, 2.05) is 17.0 Å². The van der Waals surface area contributed by atoms with E-state index < -0.39 is 0 Å². The molecule has 1 saturated heterocycles. The number of hydrogen-bond acceptors (Lipinski definition) is 1. The fourth-order valence-electron chi connectivity index (χ4n) is 4.09.